The Morgan fingerprint density at radius 3 is 2.52 bits per heavy atom. The van der Waals surface area contributed by atoms with E-state index in [2.05, 4.69) is 9.62 Å². The molecule has 0 aromatic heterocycles. The van der Waals surface area contributed by atoms with Gasteiger partial charge in [-0.25, -0.2) is 8.42 Å². The quantitative estimate of drug-likeness (QED) is 0.348. The summed E-state index contributed by atoms with van der Waals surface area (Å²) >= 11 is 0. The zero-order valence-electron chi connectivity index (χ0n) is 25.4. The van der Waals surface area contributed by atoms with E-state index in [0.717, 1.165) is 17.1 Å². The molecule has 0 radical (unpaired) electrons. The molecule has 2 aliphatic rings. The van der Waals surface area contributed by atoms with Crippen molar-refractivity contribution in [2.45, 2.75) is 43.9 Å². The molecule has 44 heavy (non-hydrogen) atoms. The second-order valence-electron chi connectivity index (χ2n) is 11.4. The third kappa shape index (κ3) is 7.20. The Kier molecular flexibility index (Phi) is 9.52. The van der Waals surface area contributed by atoms with Gasteiger partial charge in [-0.1, -0.05) is 13.0 Å². The average molecular weight is 626 g/mol. The van der Waals surface area contributed by atoms with Gasteiger partial charge in [0.15, 0.2) is 11.5 Å². The third-order valence-corrected chi connectivity index (χ3v) is 9.32. The van der Waals surface area contributed by atoms with Crippen LogP contribution in [0.2, 0.25) is 0 Å². The number of sulfonamides is 1. The molecule has 0 fully saturated rings. The summed E-state index contributed by atoms with van der Waals surface area (Å²) in [7, 11) is -0.383. The number of fused-ring (bicyclic) bond motifs is 2. The molecule has 236 valence electrons. The fourth-order valence-corrected chi connectivity index (χ4v) is 6.45. The van der Waals surface area contributed by atoms with Crippen LogP contribution in [0.15, 0.2) is 65.6 Å². The van der Waals surface area contributed by atoms with Crippen LogP contribution in [0.5, 0.6) is 23.0 Å². The molecule has 12 heteroatoms. The van der Waals surface area contributed by atoms with E-state index in [1.807, 2.05) is 39.1 Å². The van der Waals surface area contributed by atoms with E-state index >= 15 is 0 Å². The number of carbonyl (C=O) groups excluding carboxylic acids is 1. The number of hydrogen-bond acceptors (Lipinski definition) is 9. The molecule has 0 unspecified atom stereocenters. The molecule has 2 N–H and O–H groups in total. The molecule has 0 spiro atoms. The number of anilines is 1. The van der Waals surface area contributed by atoms with Crippen molar-refractivity contribution in [3.8, 4) is 23.0 Å². The molecular formula is C32H39N3O8S. The van der Waals surface area contributed by atoms with Gasteiger partial charge in [0.05, 0.1) is 31.1 Å². The lowest BCUT2D eigenvalue weighted by Gasteiger charge is -2.34. The molecule has 3 aromatic rings. The van der Waals surface area contributed by atoms with E-state index < -0.39 is 16.1 Å². The lowest BCUT2D eigenvalue weighted by molar-refractivity contribution is -0.134. The predicted molar refractivity (Wildman–Crippen MR) is 165 cm³/mol. The largest absolute Gasteiger partial charge is 0.497 e. The van der Waals surface area contributed by atoms with Crippen LogP contribution in [0.3, 0.4) is 0 Å². The molecule has 5 rings (SSSR count). The van der Waals surface area contributed by atoms with Crippen molar-refractivity contribution in [2.24, 2.45) is 5.92 Å². The summed E-state index contributed by atoms with van der Waals surface area (Å²) in [4.78, 5) is 17.5. The Balaban J connectivity index is 1.39. The molecule has 0 bridgehead atoms. The van der Waals surface area contributed by atoms with Crippen molar-refractivity contribution in [3.05, 3.63) is 71.8 Å². The SMILES string of the molecule is COc1ccc(S(=O)(=O)Nc2ccc3c(c2)CC(=O)N([C@@H](C)CO)C[C@@H](C)[C@H](CN(C)Cc2ccc4c(c2)OCO4)O3)cc1. The standard InChI is InChI=1S/C32H39N3O8S/c1-21-16-35(22(2)19-36)32(37)15-24-14-25(33-44(38,39)27-9-7-26(40-4)8-10-27)6-12-28(24)43-31(21)18-34(3)17-23-5-11-29-30(13-23)42-20-41-29/h5-14,21-22,31,33,36H,15-20H2,1-4H3/t21-,22+,31+/m1/s1. The second kappa shape index (κ2) is 13.3. The van der Waals surface area contributed by atoms with Gasteiger partial charge in [0.25, 0.3) is 10.0 Å². The number of benzene rings is 3. The summed E-state index contributed by atoms with van der Waals surface area (Å²) in [5.41, 5.74) is 1.92. The lowest BCUT2D eigenvalue weighted by atomic mass is 10.0. The minimum atomic E-state index is -3.90. The number of aliphatic hydroxyl groups is 1. The van der Waals surface area contributed by atoms with E-state index in [1.54, 1.807) is 35.2 Å². The maximum Gasteiger partial charge on any atom is 0.261 e. The van der Waals surface area contributed by atoms with Crippen molar-refractivity contribution in [1.29, 1.82) is 0 Å². The molecule has 0 saturated carbocycles. The maximum atomic E-state index is 13.5. The Morgan fingerprint density at radius 1 is 1.07 bits per heavy atom. The van der Waals surface area contributed by atoms with Crippen LogP contribution in [-0.4, -0.2) is 82.0 Å². The number of likely N-dealkylation sites (N-methyl/N-ethyl adjacent to an activating group) is 1. The normalized spacial score (nSPS) is 19.0. The highest BCUT2D eigenvalue weighted by Crippen LogP contribution is 2.33. The average Bonchev–Trinajstić information content (AvgIpc) is 3.48. The van der Waals surface area contributed by atoms with Crippen molar-refractivity contribution >= 4 is 21.6 Å². The smallest absolute Gasteiger partial charge is 0.261 e. The highest BCUT2D eigenvalue weighted by Gasteiger charge is 2.31. The van der Waals surface area contributed by atoms with Gasteiger partial charge in [0.1, 0.15) is 17.6 Å². The van der Waals surface area contributed by atoms with E-state index in [4.69, 9.17) is 18.9 Å². The predicted octanol–water partition coefficient (Wildman–Crippen LogP) is 3.51. The van der Waals surface area contributed by atoms with Gasteiger partial charge in [-0.3, -0.25) is 14.4 Å². The molecule has 2 aliphatic heterocycles. The van der Waals surface area contributed by atoms with Crippen LogP contribution in [0.4, 0.5) is 5.69 Å². The number of amides is 1. The maximum absolute atomic E-state index is 13.5. The third-order valence-electron chi connectivity index (χ3n) is 7.92. The summed E-state index contributed by atoms with van der Waals surface area (Å²) in [5, 5.41) is 9.94. The molecule has 2 heterocycles. The fourth-order valence-electron chi connectivity index (χ4n) is 5.40. The van der Waals surface area contributed by atoms with Gasteiger partial charge in [0, 0.05) is 36.8 Å². The number of nitrogens with one attached hydrogen (secondary N) is 1. The van der Waals surface area contributed by atoms with Crippen molar-refractivity contribution in [2.75, 3.05) is 45.4 Å². The van der Waals surface area contributed by atoms with Crippen LogP contribution in [0, 0.1) is 5.92 Å². The van der Waals surface area contributed by atoms with Crippen molar-refractivity contribution < 1.29 is 37.3 Å². The minimum Gasteiger partial charge on any atom is -0.497 e. The number of nitrogens with zero attached hydrogens (tertiary/aromatic N) is 2. The Labute approximate surface area is 258 Å². The fraction of sp³-hybridized carbons (Fsp3) is 0.406. The van der Waals surface area contributed by atoms with Gasteiger partial charge in [-0.15, -0.1) is 0 Å². The Hall–Kier alpha value is -4.00. The van der Waals surface area contributed by atoms with Crippen LogP contribution >= 0.6 is 0 Å². The zero-order chi connectivity index (χ0) is 31.4. The van der Waals surface area contributed by atoms with Crippen LogP contribution in [-0.2, 0) is 27.8 Å². The first-order valence-electron chi connectivity index (χ1n) is 14.5. The van der Waals surface area contributed by atoms with Crippen molar-refractivity contribution in [1.82, 2.24) is 9.80 Å². The molecule has 11 nitrogen and oxygen atoms in total. The molecular weight excluding hydrogens is 586 g/mol. The van der Waals surface area contributed by atoms with Gasteiger partial charge in [-0.05, 0) is 74.1 Å². The van der Waals surface area contributed by atoms with E-state index in [-0.39, 0.29) is 42.6 Å². The molecule has 1 amide bonds. The summed E-state index contributed by atoms with van der Waals surface area (Å²) in [6.45, 7) is 5.47. The Morgan fingerprint density at radius 2 is 1.80 bits per heavy atom. The van der Waals surface area contributed by atoms with Crippen molar-refractivity contribution in [3.63, 3.8) is 0 Å². The lowest BCUT2D eigenvalue weighted by Crippen LogP contribution is -2.47. The minimum absolute atomic E-state index is 0.00967. The van der Waals surface area contributed by atoms with Gasteiger partial charge in [-0.2, -0.15) is 0 Å². The molecule has 0 saturated heterocycles. The topological polar surface area (TPSA) is 127 Å². The van der Waals surface area contributed by atoms with Crippen LogP contribution in [0.25, 0.3) is 0 Å². The first-order chi connectivity index (χ1) is 21.1. The number of ether oxygens (including phenoxy) is 4. The number of rotatable bonds is 10. The van der Waals surface area contributed by atoms with E-state index in [1.165, 1.54) is 19.2 Å². The van der Waals surface area contributed by atoms with Crippen LogP contribution in [0.1, 0.15) is 25.0 Å². The highest BCUT2D eigenvalue weighted by atomic mass is 32.2. The number of methoxy groups -OCH3 is 1. The zero-order valence-corrected chi connectivity index (χ0v) is 26.2. The summed E-state index contributed by atoms with van der Waals surface area (Å²) in [6.07, 6.45) is -0.321. The molecule has 0 aliphatic carbocycles. The van der Waals surface area contributed by atoms with E-state index in [0.29, 0.717) is 42.4 Å². The highest BCUT2D eigenvalue weighted by molar-refractivity contribution is 7.92. The van der Waals surface area contributed by atoms with Gasteiger partial charge < -0.3 is 29.0 Å². The molecule has 3 atom stereocenters. The van der Waals surface area contributed by atoms with Gasteiger partial charge in [0.2, 0.25) is 12.7 Å². The summed E-state index contributed by atoms with van der Waals surface area (Å²) in [5.74, 6) is 2.26. The first kappa shape index (κ1) is 31.4. The Bertz CT molecular complexity index is 1580. The first-order valence-corrected chi connectivity index (χ1v) is 16.0. The number of carbonyl (C=O) groups is 1. The monoisotopic (exact) mass is 625 g/mol. The van der Waals surface area contributed by atoms with Crippen LogP contribution < -0.4 is 23.7 Å². The van der Waals surface area contributed by atoms with E-state index in [9.17, 15) is 18.3 Å². The molecule has 3 aromatic carbocycles. The number of hydrogen-bond donors (Lipinski definition) is 2. The summed E-state index contributed by atoms with van der Waals surface area (Å²) in [6, 6.07) is 16.5. The van der Waals surface area contributed by atoms with Gasteiger partial charge >= 0.3 is 0 Å². The summed E-state index contributed by atoms with van der Waals surface area (Å²) < 4.78 is 51.5. The second-order valence-corrected chi connectivity index (χ2v) is 13.1. The number of aliphatic hydroxyl groups excluding tert-OH is 1.